The Bertz CT molecular complexity index is 207. The summed E-state index contributed by atoms with van der Waals surface area (Å²) >= 11 is 0. The molecule has 0 radical (unpaired) electrons. The molecule has 96 valence electrons. The maximum absolute atomic E-state index is 11.0. The number of likely N-dealkylation sites (N-methyl/N-ethyl adjacent to an activating group) is 1. The summed E-state index contributed by atoms with van der Waals surface area (Å²) in [7, 11) is 4.07. The molecule has 0 saturated heterocycles. The number of carboxylic acid groups (broad SMARTS) is 1. The lowest BCUT2D eigenvalue weighted by molar-refractivity contribution is -0.143. The first-order valence-corrected chi connectivity index (χ1v) is 6.01. The van der Waals surface area contributed by atoms with Gasteiger partial charge in [-0.15, -0.1) is 0 Å². The van der Waals surface area contributed by atoms with Crippen LogP contribution >= 0.6 is 0 Å². The Morgan fingerprint density at radius 1 is 1.19 bits per heavy atom. The van der Waals surface area contributed by atoms with Crippen LogP contribution in [-0.2, 0) is 4.79 Å². The van der Waals surface area contributed by atoms with Crippen LogP contribution in [0.3, 0.4) is 0 Å². The normalized spacial score (nSPS) is 15.4. The van der Waals surface area contributed by atoms with Gasteiger partial charge in [-0.05, 0) is 34.0 Å². The second-order valence-electron chi connectivity index (χ2n) is 4.71. The smallest absolute Gasteiger partial charge is 0.307 e. The Morgan fingerprint density at radius 3 is 2.12 bits per heavy atom. The summed E-state index contributed by atoms with van der Waals surface area (Å²) in [5, 5.41) is 9.01. The predicted molar refractivity (Wildman–Crippen MR) is 66.7 cm³/mol. The van der Waals surface area contributed by atoms with Crippen molar-refractivity contribution in [2.75, 3.05) is 33.7 Å². The minimum absolute atomic E-state index is 0.0948. The second kappa shape index (κ2) is 7.63. The Morgan fingerprint density at radius 2 is 1.75 bits per heavy atom. The maximum atomic E-state index is 11.0. The van der Waals surface area contributed by atoms with Gasteiger partial charge in [-0.2, -0.15) is 0 Å². The lowest BCUT2D eigenvalue weighted by Gasteiger charge is -2.32. The summed E-state index contributed by atoms with van der Waals surface area (Å²) in [6.07, 6.45) is 1.06. The van der Waals surface area contributed by atoms with Crippen LogP contribution in [0.4, 0.5) is 0 Å². The van der Waals surface area contributed by atoms with Gasteiger partial charge in [-0.3, -0.25) is 9.69 Å². The summed E-state index contributed by atoms with van der Waals surface area (Å²) in [6.45, 7) is 8.78. The van der Waals surface area contributed by atoms with Crippen LogP contribution < -0.4 is 0 Å². The van der Waals surface area contributed by atoms with Crippen molar-refractivity contribution in [3.63, 3.8) is 0 Å². The third kappa shape index (κ3) is 5.47. The molecule has 0 fully saturated rings. The lowest BCUT2D eigenvalue weighted by atomic mass is 10.0. The van der Waals surface area contributed by atoms with Gasteiger partial charge in [-0.1, -0.05) is 13.8 Å². The molecule has 1 N–H and O–H groups in total. The molecule has 2 unspecified atom stereocenters. The monoisotopic (exact) mass is 230 g/mol. The molecule has 0 heterocycles. The van der Waals surface area contributed by atoms with Gasteiger partial charge in [0.1, 0.15) is 0 Å². The van der Waals surface area contributed by atoms with Crippen molar-refractivity contribution in [1.82, 2.24) is 9.80 Å². The van der Waals surface area contributed by atoms with E-state index in [1.54, 1.807) is 6.92 Å². The molecule has 0 aromatic heterocycles. The van der Waals surface area contributed by atoms with Crippen LogP contribution in [0.2, 0.25) is 0 Å². The summed E-state index contributed by atoms with van der Waals surface area (Å²) in [5.74, 6) is -1.02. The molecule has 4 heteroatoms. The first kappa shape index (κ1) is 15.4. The minimum atomic E-state index is -0.710. The fourth-order valence-corrected chi connectivity index (χ4v) is 1.66. The number of nitrogens with zero attached hydrogens (tertiary/aromatic N) is 2. The van der Waals surface area contributed by atoms with Crippen molar-refractivity contribution in [1.29, 1.82) is 0 Å². The van der Waals surface area contributed by atoms with Crippen LogP contribution in [0, 0.1) is 5.92 Å². The summed E-state index contributed by atoms with van der Waals surface area (Å²) in [4.78, 5) is 15.3. The van der Waals surface area contributed by atoms with E-state index in [1.165, 1.54) is 0 Å². The summed E-state index contributed by atoms with van der Waals surface area (Å²) in [5.41, 5.74) is 0. The highest BCUT2D eigenvalue weighted by molar-refractivity contribution is 5.70. The van der Waals surface area contributed by atoms with Crippen molar-refractivity contribution in [2.24, 2.45) is 5.92 Å². The van der Waals surface area contributed by atoms with E-state index in [-0.39, 0.29) is 12.0 Å². The van der Waals surface area contributed by atoms with E-state index in [4.69, 9.17) is 5.11 Å². The fourth-order valence-electron chi connectivity index (χ4n) is 1.66. The first-order chi connectivity index (χ1) is 7.40. The molecule has 0 aromatic carbocycles. The molecule has 0 aliphatic carbocycles. The molecule has 0 aliphatic heterocycles. The van der Waals surface area contributed by atoms with E-state index in [2.05, 4.69) is 16.7 Å². The van der Waals surface area contributed by atoms with Gasteiger partial charge in [0, 0.05) is 19.1 Å². The zero-order valence-corrected chi connectivity index (χ0v) is 11.2. The molecule has 0 rings (SSSR count). The van der Waals surface area contributed by atoms with Crippen molar-refractivity contribution in [2.45, 2.75) is 33.2 Å². The number of rotatable bonds is 8. The predicted octanol–water partition coefficient (Wildman–Crippen LogP) is 1.37. The quantitative estimate of drug-likeness (QED) is 0.684. The lowest BCUT2D eigenvalue weighted by Crippen LogP contribution is -2.43. The maximum Gasteiger partial charge on any atom is 0.307 e. The fraction of sp³-hybridized carbons (Fsp3) is 0.917. The molecule has 0 saturated carbocycles. The molecule has 0 amide bonds. The van der Waals surface area contributed by atoms with Crippen LogP contribution in [0.1, 0.15) is 27.2 Å². The van der Waals surface area contributed by atoms with Gasteiger partial charge < -0.3 is 10.0 Å². The van der Waals surface area contributed by atoms with E-state index >= 15 is 0 Å². The van der Waals surface area contributed by atoms with Crippen LogP contribution in [0.15, 0.2) is 0 Å². The molecular formula is C12H26N2O2. The van der Waals surface area contributed by atoms with E-state index in [0.29, 0.717) is 0 Å². The van der Waals surface area contributed by atoms with Crippen molar-refractivity contribution < 1.29 is 9.90 Å². The second-order valence-corrected chi connectivity index (χ2v) is 4.71. The number of hydrogen-bond donors (Lipinski definition) is 1. The summed E-state index contributed by atoms with van der Waals surface area (Å²) < 4.78 is 0. The average Bonchev–Trinajstić information content (AvgIpc) is 2.21. The Kier molecular flexibility index (Phi) is 7.34. The highest BCUT2D eigenvalue weighted by Crippen LogP contribution is 2.11. The van der Waals surface area contributed by atoms with E-state index in [9.17, 15) is 4.79 Å². The van der Waals surface area contributed by atoms with E-state index in [0.717, 1.165) is 26.1 Å². The van der Waals surface area contributed by atoms with Gasteiger partial charge in [-0.25, -0.2) is 0 Å². The van der Waals surface area contributed by atoms with Gasteiger partial charge >= 0.3 is 5.97 Å². The molecule has 2 atom stereocenters. The molecule has 0 bridgehead atoms. The van der Waals surface area contributed by atoms with Crippen LogP contribution in [0.25, 0.3) is 0 Å². The molecular weight excluding hydrogens is 204 g/mol. The van der Waals surface area contributed by atoms with Gasteiger partial charge in [0.25, 0.3) is 0 Å². The highest BCUT2D eigenvalue weighted by Gasteiger charge is 2.24. The van der Waals surface area contributed by atoms with Crippen molar-refractivity contribution >= 4 is 5.97 Å². The Hall–Kier alpha value is -0.610. The average molecular weight is 230 g/mol. The molecule has 0 spiro atoms. The van der Waals surface area contributed by atoms with Gasteiger partial charge in [0.15, 0.2) is 0 Å². The van der Waals surface area contributed by atoms with Gasteiger partial charge in [0.05, 0.1) is 5.92 Å². The van der Waals surface area contributed by atoms with Crippen LogP contribution in [-0.4, -0.2) is 60.6 Å². The zero-order valence-electron chi connectivity index (χ0n) is 11.2. The SMILES string of the molecule is CCCN(CCN(C)C)C(C)C(C)C(=O)O. The van der Waals surface area contributed by atoms with Crippen molar-refractivity contribution in [3.05, 3.63) is 0 Å². The van der Waals surface area contributed by atoms with E-state index in [1.807, 2.05) is 21.0 Å². The summed E-state index contributed by atoms with van der Waals surface area (Å²) in [6, 6.07) is 0.0948. The van der Waals surface area contributed by atoms with Gasteiger partial charge in [0.2, 0.25) is 0 Å². The topological polar surface area (TPSA) is 43.8 Å². The Labute approximate surface area is 99.2 Å². The standard InChI is InChI=1S/C12H26N2O2/c1-6-7-14(9-8-13(4)5)11(3)10(2)12(15)16/h10-11H,6-9H2,1-5H3,(H,15,16). The molecule has 4 nitrogen and oxygen atoms in total. The first-order valence-electron chi connectivity index (χ1n) is 6.01. The molecule has 0 aliphatic rings. The van der Waals surface area contributed by atoms with Crippen LogP contribution in [0.5, 0.6) is 0 Å². The highest BCUT2D eigenvalue weighted by atomic mass is 16.4. The minimum Gasteiger partial charge on any atom is -0.481 e. The third-order valence-corrected chi connectivity index (χ3v) is 3.03. The zero-order chi connectivity index (χ0) is 12.7. The van der Waals surface area contributed by atoms with Crippen molar-refractivity contribution in [3.8, 4) is 0 Å². The number of carbonyl (C=O) groups is 1. The Balaban J connectivity index is 4.32. The number of carboxylic acids is 1. The number of hydrogen-bond acceptors (Lipinski definition) is 3. The molecule has 0 aromatic rings. The number of aliphatic carboxylic acids is 1. The van der Waals surface area contributed by atoms with E-state index < -0.39 is 5.97 Å². The largest absolute Gasteiger partial charge is 0.481 e. The third-order valence-electron chi connectivity index (χ3n) is 3.03. The molecule has 16 heavy (non-hydrogen) atoms.